The van der Waals surface area contributed by atoms with Gasteiger partial charge < -0.3 is 19.1 Å². The first-order valence-electron chi connectivity index (χ1n) is 11.5. The van der Waals surface area contributed by atoms with Crippen molar-refractivity contribution in [2.75, 3.05) is 13.7 Å². The van der Waals surface area contributed by atoms with Gasteiger partial charge in [-0.05, 0) is 60.4 Å². The summed E-state index contributed by atoms with van der Waals surface area (Å²) in [6, 6.07) is 15.5. The van der Waals surface area contributed by atoms with Crippen molar-refractivity contribution >= 4 is 23.2 Å². The molecular weight excluding hydrogens is 452 g/mol. The van der Waals surface area contributed by atoms with Gasteiger partial charge in [-0.15, -0.1) is 0 Å². The number of fused-ring (bicyclic) bond motifs is 2. The van der Waals surface area contributed by atoms with E-state index in [1.165, 1.54) is 30.2 Å². The number of carbonyl (C=O) groups excluding carboxylic acids is 2. The second-order valence-corrected chi connectivity index (χ2v) is 10.00. The number of aromatic nitrogens is 1. The Labute approximate surface area is 201 Å². The van der Waals surface area contributed by atoms with E-state index in [9.17, 15) is 9.59 Å². The van der Waals surface area contributed by atoms with Gasteiger partial charge in [-0.3, -0.25) is 4.79 Å². The van der Waals surface area contributed by atoms with Crippen LogP contribution in [0, 0.1) is 11.8 Å². The Kier molecular flexibility index (Phi) is 5.25. The van der Waals surface area contributed by atoms with Crippen LogP contribution in [0.2, 0.25) is 0 Å². The molecular formula is C26H24N2O5S. The number of hydrogen-bond donors (Lipinski definition) is 0. The van der Waals surface area contributed by atoms with Crippen molar-refractivity contribution in [2.45, 2.75) is 31.4 Å². The Morgan fingerprint density at radius 1 is 1.18 bits per heavy atom. The van der Waals surface area contributed by atoms with Crippen LogP contribution in [0.3, 0.4) is 0 Å². The van der Waals surface area contributed by atoms with Crippen LogP contribution in [0.15, 0.2) is 54.7 Å². The summed E-state index contributed by atoms with van der Waals surface area (Å²) >= 11 is 1.19. The van der Waals surface area contributed by atoms with Gasteiger partial charge in [0.05, 0.1) is 13.3 Å². The average molecular weight is 477 g/mol. The zero-order chi connectivity index (χ0) is 23.2. The minimum atomic E-state index is -0.491. The van der Waals surface area contributed by atoms with Crippen LogP contribution in [0.5, 0.6) is 16.7 Å². The van der Waals surface area contributed by atoms with Gasteiger partial charge in [0.15, 0.2) is 0 Å². The van der Waals surface area contributed by atoms with E-state index in [0.717, 1.165) is 30.6 Å². The first kappa shape index (κ1) is 21.2. The average Bonchev–Trinajstić information content (AvgIpc) is 3.30. The normalized spacial score (nSPS) is 24.6. The molecule has 34 heavy (non-hydrogen) atoms. The highest BCUT2D eigenvalue weighted by molar-refractivity contribution is 7.15. The van der Waals surface area contributed by atoms with Crippen LogP contribution in [0.4, 0.5) is 0 Å². The lowest BCUT2D eigenvalue weighted by Gasteiger charge is -2.26. The van der Waals surface area contributed by atoms with Crippen LogP contribution in [0.1, 0.15) is 39.7 Å². The van der Waals surface area contributed by atoms with Crippen LogP contribution in [0.25, 0.3) is 0 Å². The third-order valence-electron chi connectivity index (χ3n) is 6.90. The smallest absolute Gasteiger partial charge is 0.328 e. The molecule has 1 aromatic heterocycles. The summed E-state index contributed by atoms with van der Waals surface area (Å²) in [6.07, 6.45) is 4.34. The fraction of sp³-hybridized carbons (Fsp3) is 0.346. The van der Waals surface area contributed by atoms with E-state index in [2.05, 4.69) is 17.1 Å². The quantitative estimate of drug-likeness (QED) is 0.500. The zero-order valence-corrected chi connectivity index (χ0v) is 19.5. The van der Waals surface area contributed by atoms with E-state index < -0.39 is 6.04 Å². The molecule has 3 aromatic rings. The lowest BCUT2D eigenvalue weighted by molar-refractivity contribution is -0.145. The predicted molar refractivity (Wildman–Crippen MR) is 125 cm³/mol. The van der Waals surface area contributed by atoms with Gasteiger partial charge in [-0.25, -0.2) is 9.78 Å². The summed E-state index contributed by atoms with van der Waals surface area (Å²) in [5.74, 6) is 1.61. The monoisotopic (exact) mass is 476 g/mol. The van der Waals surface area contributed by atoms with Crippen molar-refractivity contribution in [1.82, 2.24) is 9.88 Å². The van der Waals surface area contributed by atoms with Crippen molar-refractivity contribution in [3.05, 3.63) is 70.7 Å². The highest BCUT2D eigenvalue weighted by atomic mass is 32.1. The van der Waals surface area contributed by atoms with Gasteiger partial charge in [0.25, 0.3) is 11.1 Å². The number of benzene rings is 2. The first-order valence-corrected chi connectivity index (χ1v) is 12.3. The number of aryl methyl sites for hydroxylation is 1. The molecule has 1 aliphatic carbocycles. The van der Waals surface area contributed by atoms with E-state index in [-0.39, 0.29) is 23.9 Å². The summed E-state index contributed by atoms with van der Waals surface area (Å²) in [4.78, 5) is 31.6. The number of esters is 1. The fourth-order valence-electron chi connectivity index (χ4n) is 5.07. The Balaban J connectivity index is 1.14. The van der Waals surface area contributed by atoms with Crippen molar-refractivity contribution in [3.8, 4) is 16.7 Å². The van der Waals surface area contributed by atoms with Gasteiger partial charge in [-0.1, -0.05) is 41.7 Å². The van der Waals surface area contributed by atoms with Crippen molar-refractivity contribution in [2.24, 2.45) is 11.8 Å². The van der Waals surface area contributed by atoms with Gasteiger partial charge in [-0.2, -0.15) is 0 Å². The number of carbonyl (C=O) groups is 2. The van der Waals surface area contributed by atoms with Gasteiger partial charge in [0, 0.05) is 6.54 Å². The minimum absolute atomic E-state index is 0.0541. The summed E-state index contributed by atoms with van der Waals surface area (Å²) in [5, 5.41) is 0.390. The second kappa shape index (κ2) is 8.43. The molecule has 0 spiro atoms. The highest BCUT2D eigenvalue weighted by Gasteiger charge is 2.57. The third-order valence-corrected chi connectivity index (χ3v) is 7.77. The number of thiazole rings is 1. The molecule has 0 bridgehead atoms. The Morgan fingerprint density at radius 2 is 2.03 bits per heavy atom. The predicted octanol–water partition coefficient (Wildman–Crippen LogP) is 4.64. The standard InChI is InChI=1S/C26H24N2O5S/c1-31-25(30)23-19-12-17(19)14-28(23)24(29)22-13-27-26(34-22)32-18-8-10-21-16(11-18)7-9-20(33-21)15-5-3-2-4-6-15/h2-6,8,10-11,13,17,19-20,23H,7,9,12,14H2,1H3/t17-,19-,20+,23+/m1/s1. The number of amides is 1. The van der Waals surface area contributed by atoms with E-state index in [1.807, 2.05) is 36.4 Å². The van der Waals surface area contributed by atoms with E-state index in [1.54, 1.807) is 4.90 Å². The molecule has 3 aliphatic rings. The molecule has 0 unspecified atom stereocenters. The molecule has 2 fully saturated rings. The number of likely N-dealkylation sites (tertiary alicyclic amines) is 1. The molecule has 1 saturated heterocycles. The molecule has 2 aromatic carbocycles. The Morgan fingerprint density at radius 3 is 2.85 bits per heavy atom. The molecule has 8 heteroatoms. The minimum Gasteiger partial charge on any atom is -0.485 e. The molecule has 174 valence electrons. The summed E-state index contributed by atoms with van der Waals surface area (Å²) in [5.41, 5.74) is 2.27. The third kappa shape index (κ3) is 3.81. The number of ether oxygens (including phenoxy) is 3. The summed E-state index contributed by atoms with van der Waals surface area (Å²) in [7, 11) is 1.37. The largest absolute Gasteiger partial charge is 0.485 e. The molecule has 3 heterocycles. The SMILES string of the molecule is COC(=O)[C@@H]1[C@@H]2C[C@@H]2CN1C(=O)c1cnc(Oc2ccc3c(c2)CC[C@@H](c2ccccc2)O3)s1. The maximum atomic E-state index is 13.1. The van der Waals surface area contributed by atoms with E-state index in [0.29, 0.717) is 28.3 Å². The maximum absolute atomic E-state index is 13.1. The van der Waals surface area contributed by atoms with E-state index in [4.69, 9.17) is 14.2 Å². The number of piperidine rings is 1. The molecule has 6 rings (SSSR count). The second-order valence-electron chi connectivity index (χ2n) is 9.00. The molecule has 2 aliphatic heterocycles. The lowest BCUT2D eigenvalue weighted by atomic mass is 9.97. The van der Waals surface area contributed by atoms with Crippen molar-refractivity contribution in [1.29, 1.82) is 0 Å². The van der Waals surface area contributed by atoms with Gasteiger partial charge >= 0.3 is 5.97 Å². The number of methoxy groups -OCH3 is 1. The van der Waals surface area contributed by atoms with Crippen LogP contribution >= 0.6 is 11.3 Å². The van der Waals surface area contributed by atoms with Crippen molar-refractivity contribution < 1.29 is 23.8 Å². The first-order chi connectivity index (χ1) is 16.6. The number of hydrogen-bond acceptors (Lipinski definition) is 7. The van der Waals surface area contributed by atoms with Gasteiger partial charge in [0.1, 0.15) is 28.5 Å². The van der Waals surface area contributed by atoms with Crippen molar-refractivity contribution in [3.63, 3.8) is 0 Å². The lowest BCUT2D eigenvalue weighted by Crippen LogP contribution is -2.43. The Bertz CT molecular complexity index is 1240. The van der Waals surface area contributed by atoms with E-state index >= 15 is 0 Å². The fourth-order valence-corrected chi connectivity index (χ4v) is 5.82. The molecule has 4 atom stereocenters. The number of rotatable bonds is 5. The Hall–Kier alpha value is -3.39. The summed E-state index contributed by atoms with van der Waals surface area (Å²) in [6.45, 7) is 0.589. The molecule has 0 N–H and O–H groups in total. The maximum Gasteiger partial charge on any atom is 0.328 e. The topological polar surface area (TPSA) is 78.0 Å². The molecule has 0 radical (unpaired) electrons. The molecule has 1 amide bonds. The van der Waals surface area contributed by atoms with Crippen LogP contribution in [-0.4, -0.2) is 41.5 Å². The molecule has 7 nitrogen and oxygen atoms in total. The molecule has 1 saturated carbocycles. The summed E-state index contributed by atoms with van der Waals surface area (Å²) < 4.78 is 17.1. The highest BCUT2D eigenvalue weighted by Crippen LogP contribution is 2.50. The number of nitrogens with zero attached hydrogens (tertiary/aromatic N) is 2. The zero-order valence-electron chi connectivity index (χ0n) is 18.7. The van der Waals surface area contributed by atoms with Crippen LogP contribution in [-0.2, 0) is 16.0 Å². The van der Waals surface area contributed by atoms with Gasteiger partial charge in [0.2, 0.25) is 0 Å². The van der Waals surface area contributed by atoms with Crippen LogP contribution < -0.4 is 9.47 Å².